The van der Waals surface area contributed by atoms with Crippen molar-refractivity contribution in [2.24, 2.45) is 5.92 Å². The maximum Gasteiger partial charge on any atom is 0.407 e. The van der Waals surface area contributed by atoms with E-state index in [0.29, 0.717) is 52.0 Å². The van der Waals surface area contributed by atoms with Crippen molar-refractivity contribution < 1.29 is 28.5 Å². The van der Waals surface area contributed by atoms with E-state index in [1.807, 2.05) is 27.8 Å². The summed E-state index contributed by atoms with van der Waals surface area (Å²) in [5.41, 5.74) is 0.0372. The van der Waals surface area contributed by atoms with Crippen molar-refractivity contribution in [3.05, 3.63) is 0 Å². The summed E-state index contributed by atoms with van der Waals surface area (Å²) in [7, 11) is 5.31. The molecule has 4 N–H and O–H groups in total. The summed E-state index contributed by atoms with van der Waals surface area (Å²) in [5.74, 6) is 6.23. The van der Waals surface area contributed by atoms with Crippen LogP contribution in [-0.4, -0.2) is 95.2 Å². The summed E-state index contributed by atoms with van der Waals surface area (Å²) >= 11 is 0. The minimum atomic E-state index is -0.418. The van der Waals surface area contributed by atoms with Crippen molar-refractivity contribution in [3.63, 3.8) is 0 Å². The summed E-state index contributed by atoms with van der Waals surface area (Å²) in [6, 6.07) is -0.194. The van der Waals surface area contributed by atoms with Gasteiger partial charge in [0.15, 0.2) is 0 Å². The summed E-state index contributed by atoms with van der Waals surface area (Å²) in [6.45, 7) is 16.1. The molecule has 0 aliphatic heterocycles. The van der Waals surface area contributed by atoms with Gasteiger partial charge >= 0.3 is 12.1 Å². The maximum absolute atomic E-state index is 11.9. The molecular formula is C28H54N4O6S2. The van der Waals surface area contributed by atoms with E-state index < -0.39 is 6.09 Å². The second-order valence-electron chi connectivity index (χ2n) is 10.0. The van der Waals surface area contributed by atoms with Gasteiger partial charge in [0.25, 0.3) is 0 Å². The van der Waals surface area contributed by atoms with E-state index in [1.54, 1.807) is 21.6 Å². The van der Waals surface area contributed by atoms with Gasteiger partial charge in [-0.3, -0.25) is 0 Å². The molecule has 3 amide bonds. The fourth-order valence-corrected chi connectivity index (χ4v) is 5.16. The highest BCUT2D eigenvalue weighted by atomic mass is 33.1. The lowest BCUT2D eigenvalue weighted by atomic mass is 10.1. The van der Waals surface area contributed by atoms with Crippen molar-refractivity contribution in [1.82, 2.24) is 21.3 Å². The molecule has 0 bridgehead atoms. The predicted molar refractivity (Wildman–Crippen MR) is 167 cm³/mol. The number of hydrogen-bond donors (Lipinski definition) is 4. The third-order valence-electron chi connectivity index (χ3n) is 5.12. The van der Waals surface area contributed by atoms with Crippen LogP contribution in [0.3, 0.4) is 0 Å². The zero-order chi connectivity index (χ0) is 29.9. The minimum absolute atomic E-state index is 0.0372. The van der Waals surface area contributed by atoms with Gasteiger partial charge in [-0.05, 0) is 59.9 Å². The largest absolute Gasteiger partial charge is 0.450 e. The monoisotopic (exact) mass is 606 g/mol. The van der Waals surface area contributed by atoms with Crippen molar-refractivity contribution in [1.29, 1.82) is 0 Å². The molecule has 10 nitrogen and oxygen atoms in total. The SMILES string of the molecule is CNCCOCCCCOCCNC(=O)OCCC(C)(C)SSC(C)OCCCCNC(=O)NCC#CC(C)C. The number of rotatable bonds is 24. The highest BCUT2D eigenvalue weighted by molar-refractivity contribution is 8.77. The number of carbonyl (C=O) groups is 2. The molecule has 0 rings (SSSR count). The lowest BCUT2D eigenvalue weighted by Crippen LogP contribution is -2.36. The van der Waals surface area contributed by atoms with E-state index in [1.165, 1.54) is 0 Å². The average Bonchev–Trinajstić information content (AvgIpc) is 2.90. The Morgan fingerprint density at radius 1 is 0.825 bits per heavy atom. The van der Waals surface area contributed by atoms with Crippen molar-refractivity contribution >= 4 is 33.7 Å². The van der Waals surface area contributed by atoms with Gasteiger partial charge in [0, 0.05) is 50.1 Å². The fourth-order valence-electron chi connectivity index (χ4n) is 2.84. The second kappa shape index (κ2) is 26.5. The Balaban J connectivity index is 3.66. The minimum Gasteiger partial charge on any atom is -0.450 e. The van der Waals surface area contributed by atoms with Crippen LogP contribution in [0.15, 0.2) is 0 Å². The van der Waals surface area contributed by atoms with Gasteiger partial charge in [-0.25, -0.2) is 9.59 Å². The van der Waals surface area contributed by atoms with Gasteiger partial charge in [-0.1, -0.05) is 47.3 Å². The Kier molecular flexibility index (Phi) is 25.6. The number of urea groups is 1. The summed E-state index contributed by atoms with van der Waals surface area (Å²) < 4.78 is 22.1. The fraction of sp³-hybridized carbons (Fsp3) is 0.857. The normalized spacial score (nSPS) is 12.0. The molecule has 12 heteroatoms. The predicted octanol–water partition coefficient (Wildman–Crippen LogP) is 4.40. The first-order valence-corrected chi connectivity index (χ1v) is 16.5. The molecule has 0 aromatic rings. The standard InChI is InChI=1S/C28H54N4O6S2/c1-24(2)12-11-15-31-26(33)30-14-7-8-20-37-25(3)39-40-28(4,5)13-21-38-27(34)32-17-23-36-19-10-9-18-35-22-16-29-6/h24-25,29H,7-10,13-23H2,1-6H3,(H,32,34)(H2,30,31,33). The number of amides is 3. The molecule has 0 saturated heterocycles. The van der Waals surface area contributed by atoms with E-state index in [9.17, 15) is 9.59 Å². The maximum atomic E-state index is 11.9. The van der Waals surface area contributed by atoms with Gasteiger partial charge < -0.3 is 40.2 Å². The quantitative estimate of drug-likeness (QED) is 0.0549. The molecule has 0 aliphatic rings. The highest BCUT2D eigenvalue weighted by Gasteiger charge is 2.21. The van der Waals surface area contributed by atoms with Crippen molar-refractivity contribution in [2.45, 2.75) is 76.9 Å². The first-order valence-electron chi connectivity index (χ1n) is 14.3. The van der Waals surface area contributed by atoms with Crippen LogP contribution < -0.4 is 21.3 Å². The van der Waals surface area contributed by atoms with Crippen LogP contribution in [0.2, 0.25) is 0 Å². The lowest BCUT2D eigenvalue weighted by molar-refractivity contribution is 0.102. The third kappa shape index (κ3) is 28.2. The molecule has 0 fully saturated rings. The van der Waals surface area contributed by atoms with E-state index >= 15 is 0 Å². The van der Waals surface area contributed by atoms with Crippen LogP contribution in [0.1, 0.15) is 66.7 Å². The second-order valence-corrected chi connectivity index (χ2v) is 13.2. The van der Waals surface area contributed by atoms with Crippen LogP contribution in [0.25, 0.3) is 0 Å². The van der Waals surface area contributed by atoms with Crippen LogP contribution in [-0.2, 0) is 18.9 Å². The summed E-state index contributed by atoms with van der Waals surface area (Å²) in [6.07, 6.45) is 3.93. The van der Waals surface area contributed by atoms with E-state index in [-0.39, 0.29) is 16.2 Å². The zero-order valence-electron chi connectivity index (χ0n) is 25.5. The van der Waals surface area contributed by atoms with Gasteiger partial charge in [-0.15, -0.1) is 0 Å². The van der Waals surface area contributed by atoms with Crippen LogP contribution in [0, 0.1) is 17.8 Å². The molecule has 0 aromatic heterocycles. The number of nitrogens with one attached hydrogen (secondary N) is 4. The number of alkyl carbamates (subject to hydrolysis) is 1. The Hall–Kier alpha value is -1.36. The molecule has 0 aliphatic carbocycles. The van der Waals surface area contributed by atoms with Gasteiger partial charge in [0.1, 0.15) is 5.44 Å². The number of hydrogen-bond acceptors (Lipinski definition) is 9. The Labute approximate surface area is 250 Å². The first kappa shape index (κ1) is 38.6. The molecule has 0 radical (unpaired) electrons. The molecule has 0 saturated carbocycles. The van der Waals surface area contributed by atoms with E-state index in [2.05, 4.69) is 47.0 Å². The van der Waals surface area contributed by atoms with E-state index in [4.69, 9.17) is 18.9 Å². The molecule has 0 aromatic carbocycles. The van der Waals surface area contributed by atoms with Crippen LogP contribution in [0.5, 0.6) is 0 Å². The molecule has 234 valence electrons. The topological polar surface area (TPSA) is 119 Å². The van der Waals surface area contributed by atoms with E-state index in [0.717, 1.165) is 51.9 Å². The zero-order valence-corrected chi connectivity index (χ0v) is 27.2. The Morgan fingerprint density at radius 2 is 1.50 bits per heavy atom. The number of ether oxygens (including phenoxy) is 4. The molecule has 0 spiro atoms. The summed E-state index contributed by atoms with van der Waals surface area (Å²) in [4.78, 5) is 23.6. The summed E-state index contributed by atoms with van der Waals surface area (Å²) in [5, 5.41) is 11.3. The number of unbranched alkanes of at least 4 members (excludes halogenated alkanes) is 2. The first-order chi connectivity index (χ1) is 19.2. The van der Waals surface area contributed by atoms with Crippen LogP contribution >= 0.6 is 21.6 Å². The Morgan fingerprint density at radius 3 is 2.17 bits per heavy atom. The van der Waals surface area contributed by atoms with Crippen LogP contribution in [0.4, 0.5) is 9.59 Å². The van der Waals surface area contributed by atoms with Gasteiger partial charge in [0.05, 0.1) is 26.4 Å². The lowest BCUT2D eigenvalue weighted by Gasteiger charge is -2.24. The number of likely N-dealkylation sites (N-methyl/N-ethyl adjacent to an activating group) is 1. The van der Waals surface area contributed by atoms with Crippen molar-refractivity contribution in [3.8, 4) is 11.8 Å². The average molecular weight is 607 g/mol. The smallest absolute Gasteiger partial charge is 0.407 e. The molecule has 1 atom stereocenters. The molecule has 1 unspecified atom stereocenters. The van der Waals surface area contributed by atoms with Gasteiger partial charge in [-0.2, -0.15) is 0 Å². The third-order valence-corrected chi connectivity index (χ3v) is 8.74. The van der Waals surface area contributed by atoms with Gasteiger partial charge in [0.2, 0.25) is 0 Å². The highest BCUT2D eigenvalue weighted by Crippen LogP contribution is 2.40. The molecular weight excluding hydrogens is 552 g/mol. The molecule has 0 heterocycles. The molecule has 40 heavy (non-hydrogen) atoms. The Bertz CT molecular complexity index is 704. The van der Waals surface area contributed by atoms with Crippen molar-refractivity contribution in [2.75, 3.05) is 72.9 Å². The number of carbonyl (C=O) groups excluding carboxylic acids is 2.